The maximum absolute atomic E-state index is 10.9. The Bertz CT molecular complexity index is 203. The number of carbonyl (C=O) groups excluding carboxylic acids is 2. The van der Waals surface area contributed by atoms with Gasteiger partial charge in [0.25, 0.3) is 5.91 Å². The van der Waals surface area contributed by atoms with E-state index in [9.17, 15) is 9.59 Å². The van der Waals surface area contributed by atoms with E-state index in [0.717, 1.165) is 0 Å². The summed E-state index contributed by atoms with van der Waals surface area (Å²) in [6, 6.07) is -0.668. The smallest absolute Gasteiger partial charge is 0.323 e. The van der Waals surface area contributed by atoms with Crippen molar-refractivity contribution in [1.29, 1.82) is 0 Å². The maximum atomic E-state index is 10.9. The Morgan fingerprint density at radius 1 is 1.83 bits per heavy atom. The van der Waals surface area contributed by atoms with E-state index in [1.54, 1.807) is 0 Å². The summed E-state index contributed by atoms with van der Waals surface area (Å²) in [6.45, 7) is 2.09. The second-order valence-corrected chi connectivity index (χ2v) is 2.79. The molecule has 0 saturated carbocycles. The van der Waals surface area contributed by atoms with Gasteiger partial charge in [-0.25, -0.2) is 0 Å². The molecule has 1 fully saturated rings. The minimum Gasteiger partial charge on any atom is -0.451 e. The lowest BCUT2D eigenvalue weighted by Gasteiger charge is -2.10. The van der Waals surface area contributed by atoms with Crippen LogP contribution in [0.4, 0.5) is 0 Å². The van der Waals surface area contributed by atoms with Crippen LogP contribution in [0.3, 0.4) is 0 Å². The van der Waals surface area contributed by atoms with Crippen molar-refractivity contribution < 1.29 is 14.3 Å². The predicted molar refractivity (Wildman–Crippen MR) is 41.2 cm³/mol. The van der Waals surface area contributed by atoms with Gasteiger partial charge in [0.2, 0.25) is 0 Å². The highest BCUT2D eigenvalue weighted by Crippen LogP contribution is 2.05. The Balaban J connectivity index is 2.40. The molecule has 0 spiro atoms. The Morgan fingerprint density at radius 3 is 2.92 bits per heavy atom. The molecule has 0 aliphatic carbocycles. The molecule has 1 rings (SSSR count). The highest BCUT2D eigenvalue weighted by Gasteiger charge is 2.28. The van der Waals surface area contributed by atoms with Crippen molar-refractivity contribution in [2.45, 2.75) is 25.5 Å². The minimum atomic E-state index is -0.668. The van der Waals surface area contributed by atoms with Gasteiger partial charge in [-0.2, -0.15) is 0 Å². The van der Waals surface area contributed by atoms with Crippen molar-refractivity contribution in [2.24, 2.45) is 5.73 Å². The molecule has 12 heavy (non-hydrogen) atoms. The predicted octanol–water partition coefficient (Wildman–Crippen LogP) is -1.23. The van der Waals surface area contributed by atoms with Crippen molar-refractivity contribution in [3.05, 3.63) is 0 Å². The fourth-order valence-electron chi connectivity index (χ4n) is 0.931. The Morgan fingerprint density at radius 2 is 2.50 bits per heavy atom. The SMILES string of the molecule is C[C@H](N)C(=O)OC1CCNC1=O. The number of nitrogens with two attached hydrogens (primary N) is 1. The third-order valence-electron chi connectivity index (χ3n) is 1.63. The molecule has 1 unspecified atom stereocenters. The van der Waals surface area contributed by atoms with Crippen LogP contribution in [0.25, 0.3) is 0 Å². The molecule has 0 aromatic rings. The van der Waals surface area contributed by atoms with Crippen LogP contribution in [0.15, 0.2) is 0 Å². The van der Waals surface area contributed by atoms with Gasteiger partial charge in [0.15, 0.2) is 6.10 Å². The van der Waals surface area contributed by atoms with Crippen LogP contribution in [0.1, 0.15) is 13.3 Å². The molecule has 1 aliphatic rings. The standard InChI is InChI=1S/C7H12N2O3/c1-4(8)7(11)12-5-2-3-9-6(5)10/h4-5H,2-3,8H2,1H3,(H,9,10)/t4-,5?/m0/s1. The molecule has 1 saturated heterocycles. The van der Waals surface area contributed by atoms with Gasteiger partial charge in [0, 0.05) is 13.0 Å². The summed E-state index contributed by atoms with van der Waals surface area (Å²) in [4.78, 5) is 21.8. The molecule has 1 amide bonds. The summed E-state index contributed by atoms with van der Waals surface area (Å²) in [5.41, 5.74) is 5.25. The molecule has 0 radical (unpaired) electrons. The molecule has 5 nitrogen and oxygen atoms in total. The first kappa shape index (κ1) is 8.99. The third kappa shape index (κ3) is 1.94. The van der Waals surface area contributed by atoms with E-state index in [-0.39, 0.29) is 5.91 Å². The highest BCUT2D eigenvalue weighted by atomic mass is 16.5. The lowest BCUT2D eigenvalue weighted by Crippen LogP contribution is -2.35. The number of esters is 1. The summed E-state index contributed by atoms with van der Waals surface area (Å²) in [5, 5.41) is 2.56. The molecule has 5 heteroatoms. The van der Waals surface area contributed by atoms with Gasteiger partial charge >= 0.3 is 5.97 Å². The van der Waals surface area contributed by atoms with Crippen LogP contribution in [0, 0.1) is 0 Å². The molecular weight excluding hydrogens is 160 g/mol. The van der Waals surface area contributed by atoms with E-state index in [1.165, 1.54) is 6.92 Å². The Hall–Kier alpha value is -1.10. The van der Waals surface area contributed by atoms with Gasteiger partial charge in [-0.15, -0.1) is 0 Å². The van der Waals surface area contributed by atoms with E-state index >= 15 is 0 Å². The normalized spacial score (nSPS) is 24.8. The fraction of sp³-hybridized carbons (Fsp3) is 0.714. The minimum absolute atomic E-state index is 0.232. The number of amides is 1. The van der Waals surface area contributed by atoms with Gasteiger partial charge in [-0.3, -0.25) is 9.59 Å². The summed E-state index contributed by atoms with van der Waals surface area (Å²) in [7, 11) is 0. The first-order chi connectivity index (χ1) is 5.61. The molecule has 3 N–H and O–H groups in total. The van der Waals surface area contributed by atoms with Crippen molar-refractivity contribution in [1.82, 2.24) is 5.32 Å². The molecule has 0 bridgehead atoms. The average Bonchev–Trinajstić information content (AvgIpc) is 2.36. The fourth-order valence-corrected chi connectivity index (χ4v) is 0.931. The molecule has 2 atom stereocenters. The topological polar surface area (TPSA) is 81.4 Å². The van der Waals surface area contributed by atoms with E-state index in [2.05, 4.69) is 5.32 Å². The number of hydrogen-bond acceptors (Lipinski definition) is 4. The van der Waals surface area contributed by atoms with E-state index in [4.69, 9.17) is 10.5 Å². The highest BCUT2D eigenvalue weighted by molar-refractivity contribution is 5.86. The van der Waals surface area contributed by atoms with Crippen molar-refractivity contribution in [3.63, 3.8) is 0 Å². The van der Waals surface area contributed by atoms with Crippen LogP contribution in [0.2, 0.25) is 0 Å². The summed E-state index contributed by atoms with van der Waals surface area (Å²) >= 11 is 0. The monoisotopic (exact) mass is 172 g/mol. The summed E-state index contributed by atoms with van der Waals surface area (Å²) in [5.74, 6) is -0.763. The van der Waals surface area contributed by atoms with E-state index < -0.39 is 18.1 Å². The van der Waals surface area contributed by atoms with Gasteiger partial charge in [-0.1, -0.05) is 0 Å². The largest absolute Gasteiger partial charge is 0.451 e. The van der Waals surface area contributed by atoms with Crippen molar-refractivity contribution in [3.8, 4) is 0 Å². The number of nitrogens with one attached hydrogen (secondary N) is 1. The maximum Gasteiger partial charge on any atom is 0.323 e. The third-order valence-corrected chi connectivity index (χ3v) is 1.63. The van der Waals surface area contributed by atoms with Crippen LogP contribution in [-0.4, -0.2) is 30.6 Å². The molecule has 0 aromatic carbocycles. The van der Waals surface area contributed by atoms with E-state index in [1.807, 2.05) is 0 Å². The van der Waals surface area contributed by atoms with Gasteiger partial charge in [0.1, 0.15) is 6.04 Å². The molecular formula is C7H12N2O3. The van der Waals surface area contributed by atoms with Crippen LogP contribution < -0.4 is 11.1 Å². The number of rotatable bonds is 2. The van der Waals surface area contributed by atoms with Gasteiger partial charge < -0.3 is 15.8 Å². The second kappa shape index (κ2) is 3.53. The van der Waals surface area contributed by atoms with Gasteiger partial charge in [-0.05, 0) is 6.92 Å². The lowest BCUT2D eigenvalue weighted by atomic mass is 10.3. The quantitative estimate of drug-likeness (QED) is 0.511. The second-order valence-electron chi connectivity index (χ2n) is 2.79. The molecule has 0 aromatic heterocycles. The molecule has 1 heterocycles. The molecule has 1 aliphatic heterocycles. The first-order valence-electron chi connectivity index (χ1n) is 3.85. The van der Waals surface area contributed by atoms with E-state index in [0.29, 0.717) is 13.0 Å². The van der Waals surface area contributed by atoms with Crippen LogP contribution in [-0.2, 0) is 14.3 Å². The van der Waals surface area contributed by atoms with Crippen molar-refractivity contribution >= 4 is 11.9 Å². The number of ether oxygens (including phenoxy) is 1. The summed E-state index contributed by atoms with van der Waals surface area (Å²) in [6.07, 6.45) is -0.0967. The zero-order valence-corrected chi connectivity index (χ0v) is 6.87. The average molecular weight is 172 g/mol. The Labute approximate surface area is 70.2 Å². The summed E-state index contributed by atoms with van der Waals surface area (Å²) < 4.78 is 4.81. The zero-order valence-electron chi connectivity index (χ0n) is 6.87. The lowest BCUT2D eigenvalue weighted by molar-refractivity contribution is -0.154. The first-order valence-corrected chi connectivity index (χ1v) is 3.85. The van der Waals surface area contributed by atoms with Gasteiger partial charge in [0.05, 0.1) is 0 Å². The van der Waals surface area contributed by atoms with Crippen LogP contribution in [0.5, 0.6) is 0 Å². The number of carbonyl (C=O) groups is 2. The molecule has 68 valence electrons. The van der Waals surface area contributed by atoms with Crippen molar-refractivity contribution in [2.75, 3.05) is 6.54 Å². The van der Waals surface area contributed by atoms with Crippen LogP contribution >= 0.6 is 0 Å². The number of hydrogen-bond donors (Lipinski definition) is 2. The zero-order chi connectivity index (χ0) is 9.14. The Kier molecular flexibility index (Phi) is 2.65.